The van der Waals surface area contributed by atoms with Crippen molar-refractivity contribution in [2.45, 2.75) is 44.9 Å². The second kappa shape index (κ2) is 7.38. The summed E-state index contributed by atoms with van der Waals surface area (Å²) in [5, 5.41) is 9.49. The fraction of sp³-hybridized carbons (Fsp3) is 0.550. The number of benzene rings is 1. The molecule has 0 radical (unpaired) electrons. The van der Waals surface area contributed by atoms with Gasteiger partial charge in [-0.15, -0.1) is 0 Å². The predicted molar refractivity (Wildman–Crippen MR) is 104 cm³/mol. The summed E-state index contributed by atoms with van der Waals surface area (Å²) in [7, 11) is 0. The van der Waals surface area contributed by atoms with Gasteiger partial charge in [0.15, 0.2) is 0 Å². The molecule has 0 amide bonds. The van der Waals surface area contributed by atoms with Crippen LogP contribution >= 0.6 is 11.6 Å². The van der Waals surface area contributed by atoms with Crippen molar-refractivity contribution in [1.29, 1.82) is 0 Å². The van der Waals surface area contributed by atoms with E-state index in [1.54, 1.807) is 0 Å². The van der Waals surface area contributed by atoms with Crippen LogP contribution in [-0.2, 0) is 6.42 Å². The molecule has 2 aliphatic heterocycles. The third-order valence-corrected chi connectivity index (χ3v) is 5.90. The summed E-state index contributed by atoms with van der Waals surface area (Å²) < 4.78 is 2.06. The van der Waals surface area contributed by atoms with Gasteiger partial charge in [-0.2, -0.15) is 5.10 Å². The number of nitrogens with zero attached hydrogens (tertiary/aromatic N) is 3. The summed E-state index contributed by atoms with van der Waals surface area (Å²) in [6, 6.07) is 8.01. The third-order valence-electron chi connectivity index (χ3n) is 5.58. The van der Waals surface area contributed by atoms with Crippen molar-refractivity contribution in [3.63, 3.8) is 0 Å². The fourth-order valence-electron chi connectivity index (χ4n) is 4.22. The number of fused-ring (bicyclic) bond motifs is 1. The van der Waals surface area contributed by atoms with E-state index in [1.165, 1.54) is 43.5 Å². The number of hydrogen-bond acceptors (Lipinski definition) is 3. The molecular weight excluding hydrogens is 332 g/mol. The summed E-state index contributed by atoms with van der Waals surface area (Å²) in [6.45, 7) is 6.74. The van der Waals surface area contributed by atoms with E-state index in [4.69, 9.17) is 16.7 Å². The topological polar surface area (TPSA) is 33.1 Å². The molecule has 25 heavy (non-hydrogen) atoms. The lowest BCUT2D eigenvalue weighted by atomic mass is 9.91. The molecule has 0 aliphatic carbocycles. The van der Waals surface area contributed by atoms with Crippen LogP contribution in [0.1, 0.15) is 49.8 Å². The van der Waals surface area contributed by atoms with Gasteiger partial charge in [0.2, 0.25) is 0 Å². The molecule has 4 rings (SSSR count). The highest BCUT2D eigenvalue weighted by Gasteiger charge is 2.29. The smallest absolute Gasteiger partial charge is 0.133 e. The Hall–Kier alpha value is -1.52. The van der Waals surface area contributed by atoms with Crippen LogP contribution in [0.3, 0.4) is 0 Å². The molecule has 0 saturated carbocycles. The van der Waals surface area contributed by atoms with Crippen molar-refractivity contribution in [3.8, 4) is 5.69 Å². The Kier molecular flexibility index (Phi) is 5.00. The molecule has 2 aromatic rings. The Labute approximate surface area is 155 Å². The maximum atomic E-state index is 6.49. The van der Waals surface area contributed by atoms with Gasteiger partial charge in [0, 0.05) is 24.6 Å². The second-order valence-electron chi connectivity index (χ2n) is 7.19. The molecule has 1 atom stereocenters. The van der Waals surface area contributed by atoms with Gasteiger partial charge >= 0.3 is 0 Å². The van der Waals surface area contributed by atoms with Gasteiger partial charge < -0.3 is 10.2 Å². The van der Waals surface area contributed by atoms with Crippen molar-refractivity contribution >= 4 is 17.4 Å². The first-order valence-corrected chi connectivity index (χ1v) is 9.98. The zero-order valence-electron chi connectivity index (χ0n) is 15.0. The molecular formula is C20H27ClN4. The van der Waals surface area contributed by atoms with Crippen LogP contribution in [0, 0.1) is 0 Å². The molecule has 1 aromatic carbocycles. The average Bonchev–Trinajstić information content (AvgIpc) is 2.83. The lowest BCUT2D eigenvalue weighted by molar-refractivity contribution is 0.215. The largest absolute Gasteiger partial charge is 0.370 e. The Balaban J connectivity index is 1.78. The second-order valence-corrected chi connectivity index (χ2v) is 7.60. The molecule has 2 aliphatic rings. The van der Waals surface area contributed by atoms with Crippen molar-refractivity contribution < 1.29 is 0 Å². The van der Waals surface area contributed by atoms with Crippen LogP contribution in [0.15, 0.2) is 24.3 Å². The SMILES string of the molecule is CCN1CCCC(c2nn(-c3ccccc3Cl)c3c2CCCCN3)C1. The number of anilines is 1. The van der Waals surface area contributed by atoms with Crippen LogP contribution in [0.4, 0.5) is 5.82 Å². The standard InChI is InChI=1S/C20H27ClN4/c1-2-24-13-7-8-15(14-24)19-16-9-5-6-12-22-20(16)25(23-19)18-11-4-3-10-17(18)21/h3-4,10-11,15,22H,2,5-9,12-14H2,1H3. The zero-order chi connectivity index (χ0) is 17.2. The third kappa shape index (κ3) is 3.30. The zero-order valence-corrected chi connectivity index (χ0v) is 15.7. The summed E-state index contributed by atoms with van der Waals surface area (Å²) in [4.78, 5) is 2.55. The van der Waals surface area contributed by atoms with E-state index in [-0.39, 0.29) is 0 Å². The highest BCUT2D eigenvalue weighted by Crippen LogP contribution is 2.36. The first-order chi connectivity index (χ1) is 12.3. The molecule has 1 unspecified atom stereocenters. The van der Waals surface area contributed by atoms with E-state index in [0.29, 0.717) is 5.92 Å². The molecule has 1 saturated heterocycles. The molecule has 4 nitrogen and oxygen atoms in total. The lowest BCUT2D eigenvalue weighted by Crippen LogP contribution is -2.34. The monoisotopic (exact) mass is 358 g/mol. The van der Waals surface area contributed by atoms with E-state index < -0.39 is 0 Å². The minimum Gasteiger partial charge on any atom is -0.370 e. The Morgan fingerprint density at radius 2 is 2.12 bits per heavy atom. The number of piperidine rings is 1. The van der Waals surface area contributed by atoms with Crippen LogP contribution < -0.4 is 5.32 Å². The summed E-state index contributed by atoms with van der Waals surface area (Å²) >= 11 is 6.49. The van der Waals surface area contributed by atoms with Gasteiger partial charge in [-0.3, -0.25) is 0 Å². The first-order valence-electron chi connectivity index (χ1n) is 9.61. The molecule has 1 aromatic heterocycles. The molecule has 1 fully saturated rings. The van der Waals surface area contributed by atoms with Crippen LogP contribution in [0.5, 0.6) is 0 Å². The lowest BCUT2D eigenvalue weighted by Gasteiger charge is -2.31. The number of hydrogen-bond donors (Lipinski definition) is 1. The van der Waals surface area contributed by atoms with Gasteiger partial charge in [-0.25, -0.2) is 4.68 Å². The number of halogens is 1. The molecule has 0 spiro atoms. The normalized spacial score (nSPS) is 21.4. The van der Waals surface area contributed by atoms with Crippen molar-refractivity contribution in [2.75, 3.05) is 31.5 Å². The molecule has 134 valence electrons. The quantitative estimate of drug-likeness (QED) is 0.878. The highest BCUT2D eigenvalue weighted by molar-refractivity contribution is 6.32. The maximum absolute atomic E-state index is 6.49. The Bertz CT molecular complexity index is 739. The number of likely N-dealkylation sites (N-methyl/N-ethyl adjacent to an activating group) is 1. The number of likely N-dealkylation sites (tertiary alicyclic amines) is 1. The number of rotatable bonds is 3. The van der Waals surface area contributed by atoms with Gasteiger partial charge in [0.25, 0.3) is 0 Å². The van der Waals surface area contributed by atoms with E-state index in [0.717, 1.165) is 42.6 Å². The predicted octanol–water partition coefficient (Wildman–Crippen LogP) is 4.47. The average molecular weight is 359 g/mol. The molecule has 0 bridgehead atoms. The number of aromatic nitrogens is 2. The maximum Gasteiger partial charge on any atom is 0.133 e. The summed E-state index contributed by atoms with van der Waals surface area (Å²) in [6.07, 6.45) is 6.06. The number of nitrogens with one attached hydrogen (secondary N) is 1. The molecule has 3 heterocycles. The highest BCUT2D eigenvalue weighted by atomic mass is 35.5. The van der Waals surface area contributed by atoms with Crippen molar-refractivity contribution in [1.82, 2.24) is 14.7 Å². The number of para-hydroxylation sites is 1. The summed E-state index contributed by atoms with van der Waals surface area (Å²) in [5.41, 5.74) is 3.69. The Morgan fingerprint density at radius 1 is 1.24 bits per heavy atom. The van der Waals surface area contributed by atoms with Crippen LogP contribution in [0.2, 0.25) is 5.02 Å². The molecule has 5 heteroatoms. The van der Waals surface area contributed by atoms with E-state index in [1.807, 2.05) is 18.2 Å². The van der Waals surface area contributed by atoms with E-state index in [2.05, 4.69) is 27.9 Å². The minimum atomic E-state index is 0.533. The fourth-order valence-corrected chi connectivity index (χ4v) is 4.44. The summed E-state index contributed by atoms with van der Waals surface area (Å²) in [5.74, 6) is 1.69. The molecule has 1 N–H and O–H groups in total. The van der Waals surface area contributed by atoms with Gasteiger partial charge in [-0.1, -0.05) is 30.7 Å². The van der Waals surface area contributed by atoms with E-state index in [9.17, 15) is 0 Å². The minimum absolute atomic E-state index is 0.533. The van der Waals surface area contributed by atoms with Gasteiger partial charge in [-0.05, 0) is 57.3 Å². The first kappa shape index (κ1) is 16.9. The van der Waals surface area contributed by atoms with Gasteiger partial charge in [0.1, 0.15) is 5.82 Å². The van der Waals surface area contributed by atoms with Crippen molar-refractivity contribution in [2.24, 2.45) is 0 Å². The van der Waals surface area contributed by atoms with Crippen LogP contribution in [-0.4, -0.2) is 40.9 Å². The van der Waals surface area contributed by atoms with Crippen LogP contribution in [0.25, 0.3) is 5.69 Å². The van der Waals surface area contributed by atoms with Gasteiger partial charge in [0.05, 0.1) is 16.4 Å². The van der Waals surface area contributed by atoms with E-state index >= 15 is 0 Å². The van der Waals surface area contributed by atoms with Crippen molar-refractivity contribution in [3.05, 3.63) is 40.5 Å². The Morgan fingerprint density at radius 3 is 2.96 bits per heavy atom.